The average molecular weight is 360 g/mol. The van der Waals surface area contributed by atoms with Crippen LogP contribution >= 0.6 is 0 Å². The van der Waals surface area contributed by atoms with Gasteiger partial charge in [-0.15, -0.1) is 0 Å². The third-order valence-corrected chi connectivity index (χ3v) is 5.91. The van der Waals surface area contributed by atoms with Gasteiger partial charge in [-0.25, -0.2) is 0 Å². The summed E-state index contributed by atoms with van der Waals surface area (Å²) in [5, 5.41) is 9.49. The number of benzene rings is 1. The molecule has 0 aliphatic carbocycles. The first-order chi connectivity index (χ1) is 12.7. The van der Waals surface area contributed by atoms with E-state index in [-0.39, 0.29) is 12.6 Å². The summed E-state index contributed by atoms with van der Waals surface area (Å²) >= 11 is 0. The number of likely N-dealkylation sites (tertiary alicyclic amines) is 1. The van der Waals surface area contributed by atoms with E-state index in [0.717, 1.165) is 51.4 Å². The maximum Gasteiger partial charge on any atom is 0.239 e. The minimum Gasteiger partial charge on any atom is -0.392 e. The number of piperazine rings is 1. The molecule has 0 bridgehead atoms. The third kappa shape index (κ3) is 4.84. The predicted octanol–water partition coefficient (Wildman–Crippen LogP) is 2.09. The number of carbonyl (C=O) groups is 1. The molecule has 1 unspecified atom stereocenters. The van der Waals surface area contributed by atoms with Crippen LogP contribution < -0.4 is 0 Å². The molecule has 1 atom stereocenters. The molecule has 2 aliphatic rings. The summed E-state index contributed by atoms with van der Waals surface area (Å²) in [5.74, 6) is 0.294. The molecule has 1 aromatic carbocycles. The van der Waals surface area contributed by atoms with Crippen LogP contribution in [0.25, 0.3) is 0 Å². The highest BCUT2D eigenvalue weighted by molar-refractivity contribution is 5.81. The fraction of sp³-hybridized carbons (Fsp3) is 0.667. The SMILES string of the molecule is CC(C(=O)N1CCN(Cc2ccccc2CO)CC1)N1CCCCCC1. The first-order valence-corrected chi connectivity index (χ1v) is 10.1. The van der Waals surface area contributed by atoms with Crippen molar-refractivity contribution in [2.24, 2.45) is 0 Å². The monoisotopic (exact) mass is 359 g/mol. The van der Waals surface area contributed by atoms with Gasteiger partial charge in [-0.1, -0.05) is 37.1 Å². The third-order valence-electron chi connectivity index (χ3n) is 5.91. The van der Waals surface area contributed by atoms with Gasteiger partial charge < -0.3 is 10.0 Å². The van der Waals surface area contributed by atoms with Gasteiger partial charge in [-0.3, -0.25) is 14.6 Å². The lowest BCUT2D eigenvalue weighted by Crippen LogP contribution is -2.54. The average Bonchev–Trinajstić information content (AvgIpc) is 2.97. The van der Waals surface area contributed by atoms with Crippen LogP contribution in [-0.2, 0) is 17.9 Å². The summed E-state index contributed by atoms with van der Waals surface area (Å²) in [5.41, 5.74) is 2.19. The lowest BCUT2D eigenvalue weighted by atomic mass is 10.1. The number of aliphatic hydroxyl groups is 1. The van der Waals surface area contributed by atoms with Gasteiger partial charge in [0, 0.05) is 32.7 Å². The zero-order valence-electron chi connectivity index (χ0n) is 16.1. The number of rotatable bonds is 5. The van der Waals surface area contributed by atoms with Crippen molar-refractivity contribution in [3.63, 3.8) is 0 Å². The Hall–Kier alpha value is -1.43. The van der Waals surface area contributed by atoms with Crippen LogP contribution in [0.4, 0.5) is 0 Å². The van der Waals surface area contributed by atoms with E-state index >= 15 is 0 Å². The zero-order valence-corrected chi connectivity index (χ0v) is 16.1. The summed E-state index contributed by atoms with van der Waals surface area (Å²) in [6.07, 6.45) is 5.03. The Morgan fingerprint density at radius 3 is 2.19 bits per heavy atom. The van der Waals surface area contributed by atoms with Gasteiger partial charge in [-0.05, 0) is 44.0 Å². The Balaban J connectivity index is 1.50. The van der Waals surface area contributed by atoms with Crippen molar-refractivity contribution in [3.05, 3.63) is 35.4 Å². The highest BCUT2D eigenvalue weighted by Gasteiger charge is 2.28. The second-order valence-corrected chi connectivity index (χ2v) is 7.65. The van der Waals surface area contributed by atoms with E-state index in [1.807, 2.05) is 23.1 Å². The van der Waals surface area contributed by atoms with Crippen molar-refractivity contribution in [1.82, 2.24) is 14.7 Å². The molecule has 0 radical (unpaired) electrons. The van der Waals surface area contributed by atoms with Crippen molar-refractivity contribution >= 4 is 5.91 Å². The molecule has 0 saturated carbocycles. The first-order valence-electron chi connectivity index (χ1n) is 10.1. The second kappa shape index (κ2) is 9.49. The van der Waals surface area contributed by atoms with E-state index < -0.39 is 0 Å². The summed E-state index contributed by atoms with van der Waals surface area (Å²) in [6.45, 7) is 8.54. The van der Waals surface area contributed by atoms with Crippen LogP contribution in [0.3, 0.4) is 0 Å². The van der Waals surface area contributed by atoms with E-state index in [2.05, 4.69) is 22.8 Å². The number of carbonyl (C=O) groups excluding carboxylic acids is 1. The highest BCUT2D eigenvalue weighted by Crippen LogP contribution is 2.17. The van der Waals surface area contributed by atoms with E-state index in [9.17, 15) is 9.90 Å². The highest BCUT2D eigenvalue weighted by atomic mass is 16.3. The van der Waals surface area contributed by atoms with Crippen LogP contribution in [0, 0.1) is 0 Å². The van der Waals surface area contributed by atoms with Gasteiger partial charge in [0.05, 0.1) is 12.6 Å². The van der Waals surface area contributed by atoms with E-state index in [0.29, 0.717) is 5.91 Å². The summed E-state index contributed by atoms with van der Waals surface area (Å²) in [6, 6.07) is 8.07. The van der Waals surface area contributed by atoms with E-state index in [4.69, 9.17) is 0 Å². The standard InChI is InChI=1S/C21H33N3O2/c1-18(23-10-6-2-3-7-11-23)21(26)24-14-12-22(13-15-24)16-19-8-4-5-9-20(19)17-25/h4-5,8-9,18,25H,2-3,6-7,10-17H2,1H3. The number of hydrogen-bond donors (Lipinski definition) is 1. The first kappa shape index (κ1) is 19.3. The molecule has 1 N–H and O–H groups in total. The van der Waals surface area contributed by atoms with Crippen molar-refractivity contribution in [3.8, 4) is 0 Å². The van der Waals surface area contributed by atoms with Crippen molar-refractivity contribution in [2.75, 3.05) is 39.3 Å². The maximum absolute atomic E-state index is 12.9. The molecule has 1 aromatic rings. The fourth-order valence-electron chi connectivity index (χ4n) is 4.14. The van der Waals surface area contributed by atoms with Crippen LogP contribution in [0.1, 0.15) is 43.7 Å². The zero-order chi connectivity index (χ0) is 18.4. The minimum absolute atomic E-state index is 0.00904. The lowest BCUT2D eigenvalue weighted by Gasteiger charge is -2.38. The predicted molar refractivity (Wildman–Crippen MR) is 104 cm³/mol. The van der Waals surface area contributed by atoms with Gasteiger partial charge in [0.25, 0.3) is 0 Å². The largest absolute Gasteiger partial charge is 0.392 e. The van der Waals surface area contributed by atoms with Crippen LogP contribution in [0.15, 0.2) is 24.3 Å². The minimum atomic E-state index is 0.00904. The van der Waals surface area contributed by atoms with Crippen LogP contribution in [-0.4, -0.2) is 71.0 Å². The Labute approximate surface area is 157 Å². The Kier molecular flexibility index (Phi) is 7.06. The molecule has 5 heteroatoms. The Morgan fingerprint density at radius 2 is 1.58 bits per heavy atom. The van der Waals surface area contributed by atoms with Crippen molar-refractivity contribution in [2.45, 2.75) is 51.8 Å². The molecular weight excluding hydrogens is 326 g/mol. The maximum atomic E-state index is 12.9. The molecule has 1 amide bonds. The van der Waals surface area contributed by atoms with Gasteiger partial charge in [-0.2, -0.15) is 0 Å². The lowest BCUT2D eigenvalue weighted by molar-refractivity contribution is -0.138. The number of nitrogens with zero attached hydrogens (tertiary/aromatic N) is 3. The van der Waals surface area contributed by atoms with Gasteiger partial charge >= 0.3 is 0 Å². The topological polar surface area (TPSA) is 47.0 Å². The number of hydrogen-bond acceptors (Lipinski definition) is 4. The van der Waals surface area contributed by atoms with E-state index in [1.165, 1.54) is 31.2 Å². The molecule has 2 saturated heterocycles. The molecule has 2 fully saturated rings. The van der Waals surface area contributed by atoms with Gasteiger partial charge in [0.1, 0.15) is 0 Å². The molecule has 144 valence electrons. The van der Waals surface area contributed by atoms with Crippen molar-refractivity contribution < 1.29 is 9.90 Å². The fourth-order valence-corrected chi connectivity index (χ4v) is 4.14. The van der Waals surface area contributed by atoms with Crippen LogP contribution in [0.5, 0.6) is 0 Å². The Morgan fingerprint density at radius 1 is 0.962 bits per heavy atom. The number of amides is 1. The smallest absolute Gasteiger partial charge is 0.239 e. The molecular formula is C21H33N3O2. The van der Waals surface area contributed by atoms with Gasteiger partial charge in [0.15, 0.2) is 0 Å². The van der Waals surface area contributed by atoms with E-state index in [1.54, 1.807) is 0 Å². The second-order valence-electron chi connectivity index (χ2n) is 7.65. The molecule has 26 heavy (non-hydrogen) atoms. The molecule has 5 nitrogen and oxygen atoms in total. The summed E-state index contributed by atoms with van der Waals surface area (Å²) < 4.78 is 0. The molecule has 0 spiro atoms. The Bertz CT molecular complexity index is 576. The van der Waals surface area contributed by atoms with Crippen molar-refractivity contribution in [1.29, 1.82) is 0 Å². The quantitative estimate of drug-likeness (QED) is 0.874. The van der Waals surface area contributed by atoms with Crippen LogP contribution in [0.2, 0.25) is 0 Å². The molecule has 2 heterocycles. The molecule has 2 aliphatic heterocycles. The van der Waals surface area contributed by atoms with Gasteiger partial charge in [0.2, 0.25) is 5.91 Å². The summed E-state index contributed by atoms with van der Waals surface area (Å²) in [7, 11) is 0. The molecule has 3 rings (SSSR count). The molecule has 0 aromatic heterocycles. The normalized spacial score (nSPS) is 21.4. The number of aliphatic hydroxyl groups excluding tert-OH is 1. The summed E-state index contributed by atoms with van der Waals surface area (Å²) in [4.78, 5) is 19.7.